The van der Waals surface area contributed by atoms with Crippen LogP contribution in [-0.4, -0.2) is 41.0 Å². The largest absolute Gasteiger partial charge is 0.465 e. The van der Waals surface area contributed by atoms with Crippen molar-refractivity contribution in [3.63, 3.8) is 0 Å². The molecular formula is C18H16N4O4. The molecule has 0 radical (unpaired) electrons. The van der Waals surface area contributed by atoms with Crippen LogP contribution in [0.3, 0.4) is 0 Å². The number of carbonyl (C=O) groups is 2. The number of methoxy groups -OCH3 is 2. The number of nitrogen functional groups attached to an aromatic ring is 1. The first-order chi connectivity index (χ1) is 12.5. The minimum Gasteiger partial charge on any atom is -0.465 e. The van der Waals surface area contributed by atoms with Crippen molar-refractivity contribution in [2.75, 3.05) is 20.1 Å². The number of ether oxygens (including phenoxy) is 2. The van der Waals surface area contributed by atoms with E-state index in [1.807, 2.05) is 0 Å². The lowest BCUT2D eigenvalue weighted by Crippen LogP contribution is -2.12. The molecule has 3 aromatic rings. The molecule has 1 heterocycles. The Bertz CT molecular complexity index is 904. The maximum absolute atomic E-state index is 11.7. The van der Waals surface area contributed by atoms with Crippen LogP contribution in [0.25, 0.3) is 22.8 Å². The van der Waals surface area contributed by atoms with Crippen LogP contribution in [0.15, 0.2) is 48.5 Å². The van der Waals surface area contributed by atoms with Gasteiger partial charge in [0.2, 0.25) is 0 Å². The monoisotopic (exact) mass is 352 g/mol. The molecule has 132 valence electrons. The SMILES string of the molecule is COC(=O)c1cccc(-c2nnc(-c3cccc(C(=O)OC)c3)n2N)c1. The lowest BCUT2D eigenvalue weighted by Gasteiger charge is -2.06. The van der Waals surface area contributed by atoms with Crippen LogP contribution in [0.1, 0.15) is 20.7 Å². The van der Waals surface area contributed by atoms with Crippen molar-refractivity contribution in [1.82, 2.24) is 14.9 Å². The van der Waals surface area contributed by atoms with Crippen molar-refractivity contribution < 1.29 is 19.1 Å². The van der Waals surface area contributed by atoms with Crippen LogP contribution >= 0.6 is 0 Å². The summed E-state index contributed by atoms with van der Waals surface area (Å²) in [4.78, 5) is 23.4. The molecule has 0 bridgehead atoms. The van der Waals surface area contributed by atoms with E-state index in [2.05, 4.69) is 10.2 Å². The number of nitrogens with two attached hydrogens (primary N) is 1. The maximum atomic E-state index is 11.7. The number of hydrogen-bond acceptors (Lipinski definition) is 7. The van der Waals surface area contributed by atoms with E-state index in [9.17, 15) is 9.59 Å². The van der Waals surface area contributed by atoms with Gasteiger partial charge in [0, 0.05) is 11.1 Å². The molecule has 0 atom stereocenters. The summed E-state index contributed by atoms with van der Waals surface area (Å²) in [6.07, 6.45) is 0. The molecule has 3 rings (SSSR count). The first-order valence-electron chi connectivity index (χ1n) is 7.63. The van der Waals surface area contributed by atoms with Gasteiger partial charge in [-0.2, -0.15) is 0 Å². The van der Waals surface area contributed by atoms with Crippen LogP contribution in [0.4, 0.5) is 0 Å². The van der Waals surface area contributed by atoms with Crippen molar-refractivity contribution in [3.05, 3.63) is 59.7 Å². The Morgan fingerprint density at radius 1 is 0.846 bits per heavy atom. The van der Waals surface area contributed by atoms with Crippen molar-refractivity contribution in [2.45, 2.75) is 0 Å². The van der Waals surface area contributed by atoms with Gasteiger partial charge < -0.3 is 15.3 Å². The molecule has 0 aliphatic rings. The highest BCUT2D eigenvalue weighted by atomic mass is 16.5. The molecule has 8 nitrogen and oxygen atoms in total. The fourth-order valence-electron chi connectivity index (χ4n) is 2.49. The topological polar surface area (TPSA) is 109 Å². The molecule has 0 fully saturated rings. The lowest BCUT2D eigenvalue weighted by molar-refractivity contribution is 0.0592. The molecule has 0 saturated carbocycles. The fourth-order valence-corrected chi connectivity index (χ4v) is 2.49. The van der Waals surface area contributed by atoms with E-state index in [1.165, 1.54) is 18.9 Å². The zero-order valence-corrected chi connectivity index (χ0v) is 14.2. The van der Waals surface area contributed by atoms with Gasteiger partial charge in [-0.25, -0.2) is 14.3 Å². The van der Waals surface area contributed by atoms with E-state index < -0.39 is 11.9 Å². The van der Waals surface area contributed by atoms with Crippen LogP contribution in [0, 0.1) is 0 Å². The second-order valence-corrected chi connectivity index (χ2v) is 5.36. The fraction of sp³-hybridized carbons (Fsp3) is 0.111. The molecule has 8 heteroatoms. The highest BCUT2D eigenvalue weighted by Crippen LogP contribution is 2.24. The van der Waals surface area contributed by atoms with Gasteiger partial charge >= 0.3 is 11.9 Å². The number of carbonyl (C=O) groups excluding carboxylic acids is 2. The Morgan fingerprint density at radius 2 is 1.27 bits per heavy atom. The Morgan fingerprint density at radius 3 is 1.65 bits per heavy atom. The number of rotatable bonds is 4. The van der Waals surface area contributed by atoms with Gasteiger partial charge in [0.15, 0.2) is 11.6 Å². The summed E-state index contributed by atoms with van der Waals surface area (Å²) in [6.45, 7) is 0. The van der Waals surface area contributed by atoms with Gasteiger partial charge in [0.25, 0.3) is 0 Å². The summed E-state index contributed by atoms with van der Waals surface area (Å²) >= 11 is 0. The third kappa shape index (κ3) is 3.12. The Kier molecular flexibility index (Phi) is 4.66. The summed E-state index contributed by atoms with van der Waals surface area (Å²) in [5.74, 6) is 5.97. The molecule has 0 amide bonds. The zero-order valence-electron chi connectivity index (χ0n) is 14.2. The lowest BCUT2D eigenvalue weighted by atomic mass is 10.1. The van der Waals surface area contributed by atoms with Crippen molar-refractivity contribution in [1.29, 1.82) is 0 Å². The minimum atomic E-state index is -0.457. The normalized spacial score (nSPS) is 10.4. The standard InChI is InChI=1S/C18H16N4O4/c1-25-17(23)13-7-3-5-11(9-13)15-20-21-16(22(15)19)12-6-4-8-14(10-12)18(24)26-2/h3-10H,19H2,1-2H3. The van der Waals surface area contributed by atoms with Crippen molar-refractivity contribution in [3.8, 4) is 22.8 Å². The molecule has 2 aromatic carbocycles. The molecule has 0 spiro atoms. The van der Waals surface area contributed by atoms with Gasteiger partial charge in [0.1, 0.15) is 0 Å². The molecule has 0 unspecified atom stereocenters. The number of hydrogen-bond donors (Lipinski definition) is 1. The Labute approximate surface area is 149 Å². The van der Waals surface area contributed by atoms with Crippen LogP contribution < -0.4 is 5.84 Å². The third-order valence-corrected chi connectivity index (χ3v) is 3.78. The van der Waals surface area contributed by atoms with Gasteiger partial charge in [-0.3, -0.25) is 0 Å². The average Bonchev–Trinajstić information content (AvgIpc) is 3.08. The Balaban J connectivity index is 2.02. The predicted octanol–water partition coefficient (Wildman–Crippen LogP) is 1.90. The van der Waals surface area contributed by atoms with E-state index in [-0.39, 0.29) is 0 Å². The van der Waals surface area contributed by atoms with E-state index in [4.69, 9.17) is 15.3 Å². The van der Waals surface area contributed by atoms with Crippen molar-refractivity contribution in [2.24, 2.45) is 0 Å². The molecule has 0 aliphatic heterocycles. The first kappa shape index (κ1) is 17.2. The van der Waals surface area contributed by atoms with Gasteiger partial charge in [-0.15, -0.1) is 10.2 Å². The number of benzene rings is 2. The molecule has 1 aromatic heterocycles. The van der Waals surface area contributed by atoms with Gasteiger partial charge in [0.05, 0.1) is 25.3 Å². The highest BCUT2D eigenvalue weighted by molar-refractivity contribution is 5.91. The highest BCUT2D eigenvalue weighted by Gasteiger charge is 2.16. The van der Waals surface area contributed by atoms with Gasteiger partial charge in [-0.1, -0.05) is 24.3 Å². The van der Waals surface area contributed by atoms with Crippen LogP contribution in [-0.2, 0) is 9.47 Å². The number of nitrogens with zero attached hydrogens (tertiary/aromatic N) is 3. The average molecular weight is 352 g/mol. The maximum Gasteiger partial charge on any atom is 0.337 e. The molecule has 0 saturated heterocycles. The summed E-state index contributed by atoms with van der Waals surface area (Å²) < 4.78 is 10.7. The summed E-state index contributed by atoms with van der Waals surface area (Å²) in [7, 11) is 2.62. The predicted molar refractivity (Wildman–Crippen MR) is 93.7 cm³/mol. The molecular weight excluding hydrogens is 336 g/mol. The molecule has 2 N–H and O–H groups in total. The smallest absolute Gasteiger partial charge is 0.337 e. The van der Waals surface area contributed by atoms with E-state index in [0.29, 0.717) is 33.9 Å². The van der Waals surface area contributed by atoms with Crippen molar-refractivity contribution >= 4 is 11.9 Å². The number of aromatic nitrogens is 3. The molecule has 26 heavy (non-hydrogen) atoms. The Hall–Kier alpha value is -3.68. The zero-order chi connectivity index (χ0) is 18.7. The summed E-state index contributed by atoms with van der Waals surface area (Å²) in [6, 6.07) is 13.4. The quantitative estimate of drug-likeness (QED) is 0.564. The van der Waals surface area contributed by atoms with E-state index >= 15 is 0 Å². The van der Waals surface area contributed by atoms with Crippen LogP contribution in [0.5, 0.6) is 0 Å². The number of esters is 2. The van der Waals surface area contributed by atoms with Crippen LogP contribution in [0.2, 0.25) is 0 Å². The second kappa shape index (κ2) is 7.06. The van der Waals surface area contributed by atoms with E-state index in [1.54, 1.807) is 48.5 Å². The van der Waals surface area contributed by atoms with Gasteiger partial charge in [-0.05, 0) is 24.3 Å². The summed E-state index contributed by atoms with van der Waals surface area (Å²) in [5, 5.41) is 8.21. The minimum absolute atomic E-state index is 0.370. The third-order valence-electron chi connectivity index (χ3n) is 3.78. The summed E-state index contributed by atoms with van der Waals surface area (Å²) in [5.41, 5.74) is 1.97. The second-order valence-electron chi connectivity index (χ2n) is 5.36. The first-order valence-corrected chi connectivity index (χ1v) is 7.63. The van der Waals surface area contributed by atoms with E-state index in [0.717, 1.165) is 0 Å². The molecule has 0 aliphatic carbocycles.